The fraction of sp³-hybridized carbons (Fsp3) is 0.333. The second-order valence-corrected chi connectivity index (χ2v) is 7.29. The molecule has 1 aliphatic rings. The zero-order valence-corrected chi connectivity index (χ0v) is 13.8. The molecule has 2 heterocycles. The average molecular weight is 308 g/mol. The van der Waals surface area contributed by atoms with Crippen LogP contribution in [-0.4, -0.2) is 10.7 Å². The Morgan fingerprint density at radius 2 is 1.96 bits per heavy atom. The van der Waals surface area contributed by atoms with Crippen LogP contribution in [0.15, 0.2) is 29.4 Å². The summed E-state index contributed by atoms with van der Waals surface area (Å²) in [7, 11) is 0. The molecule has 0 saturated carbocycles. The number of hydrogen-bond acceptors (Lipinski definition) is 3. The number of nitrogens with two attached hydrogens (primary N) is 2. The Bertz CT molecular complexity index is 978. The molecule has 0 atom stereocenters. The Labute approximate surface area is 134 Å². The number of rotatable bonds is 0. The van der Waals surface area contributed by atoms with E-state index >= 15 is 0 Å². The molecule has 2 aromatic heterocycles. The molecule has 0 saturated heterocycles. The Morgan fingerprint density at radius 1 is 1.22 bits per heavy atom. The second-order valence-electron chi connectivity index (χ2n) is 7.29. The molecule has 1 aliphatic carbocycles. The van der Waals surface area contributed by atoms with E-state index in [0.717, 1.165) is 51.9 Å². The molecule has 5 nitrogen and oxygen atoms in total. The quantitative estimate of drug-likeness (QED) is 0.338. The number of hydrogen-bond donors (Lipinski definition) is 3. The van der Waals surface area contributed by atoms with Crippen LogP contribution in [0.25, 0.3) is 21.8 Å². The first kappa shape index (κ1) is 14.1. The number of H-pyrrole nitrogens is 1. The summed E-state index contributed by atoms with van der Waals surface area (Å²) >= 11 is 0. The smallest absolute Gasteiger partial charge is 0.223 e. The third kappa shape index (κ3) is 1.86. The highest BCUT2D eigenvalue weighted by Gasteiger charge is 2.39. The van der Waals surface area contributed by atoms with Crippen molar-refractivity contribution < 1.29 is 4.68 Å². The van der Waals surface area contributed by atoms with Crippen molar-refractivity contribution in [2.45, 2.75) is 33.6 Å². The molecule has 0 bridgehead atoms. The first-order chi connectivity index (χ1) is 10.9. The van der Waals surface area contributed by atoms with E-state index in [0.29, 0.717) is 0 Å². The zero-order valence-electron chi connectivity index (χ0n) is 13.8. The van der Waals surface area contributed by atoms with Crippen LogP contribution in [0.3, 0.4) is 0 Å². The van der Waals surface area contributed by atoms with E-state index in [-0.39, 0.29) is 5.41 Å². The molecule has 0 radical (unpaired) electrons. The molecule has 5 heteroatoms. The maximum atomic E-state index is 6.46. The van der Waals surface area contributed by atoms with Gasteiger partial charge in [0.2, 0.25) is 11.4 Å². The first-order valence-electron chi connectivity index (χ1n) is 7.93. The van der Waals surface area contributed by atoms with Gasteiger partial charge in [0.15, 0.2) is 0 Å². The Balaban J connectivity index is 2.22. The monoisotopic (exact) mass is 308 g/mol. The van der Waals surface area contributed by atoms with Crippen molar-refractivity contribution in [3.8, 4) is 0 Å². The van der Waals surface area contributed by atoms with E-state index < -0.39 is 0 Å². The molecule has 23 heavy (non-hydrogen) atoms. The maximum Gasteiger partial charge on any atom is 0.223 e. The summed E-state index contributed by atoms with van der Waals surface area (Å²) in [5, 5.41) is 6.44. The standard InChI is InChI=1S/C18H21N5/c1-10-15-11-6-4-5-7-12(11)21-17(15)16-13(22-19)8-18(2,3)9-14(16)23(10)20/h4-7H,8-9,19-20H2,1-3H3/p+1. The van der Waals surface area contributed by atoms with E-state index in [2.05, 4.69) is 49.1 Å². The first-order valence-corrected chi connectivity index (χ1v) is 7.93. The highest BCUT2D eigenvalue weighted by atomic mass is 15.3. The summed E-state index contributed by atoms with van der Waals surface area (Å²) < 4.78 is 1.82. The normalized spacial score (nSPS) is 18.7. The van der Waals surface area contributed by atoms with Gasteiger partial charge in [0.05, 0.1) is 22.2 Å². The number of aromatic amines is 1. The van der Waals surface area contributed by atoms with Gasteiger partial charge in [0.25, 0.3) is 0 Å². The number of benzene rings is 1. The van der Waals surface area contributed by atoms with E-state index in [1.165, 1.54) is 5.39 Å². The van der Waals surface area contributed by atoms with Crippen molar-refractivity contribution in [1.82, 2.24) is 4.98 Å². The second kappa shape index (κ2) is 4.47. The Hall–Kier alpha value is -2.56. The van der Waals surface area contributed by atoms with Gasteiger partial charge in [-0.3, -0.25) is 0 Å². The number of nitrogen functional groups attached to an aromatic ring is 1. The van der Waals surface area contributed by atoms with Crippen molar-refractivity contribution in [1.29, 1.82) is 0 Å². The molecule has 1 aromatic carbocycles. The van der Waals surface area contributed by atoms with Crippen molar-refractivity contribution in [2.24, 2.45) is 16.4 Å². The fourth-order valence-corrected chi connectivity index (χ4v) is 3.94. The average Bonchev–Trinajstić information content (AvgIpc) is 2.90. The van der Waals surface area contributed by atoms with Gasteiger partial charge in [0, 0.05) is 24.2 Å². The van der Waals surface area contributed by atoms with Crippen LogP contribution < -0.4 is 16.4 Å². The molecule has 0 amide bonds. The predicted octanol–water partition coefficient (Wildman–Crippen LogP) is 2.27. The highest BCUT2D eigenvalue weighted by Crippen LogP contribution is 2.38. The largest absolute Gasteiger partial charge is 0.354 e. The van der Waals surface area contributed by atoms with Crippen LogP contribution >= 0.6 is 0 Å². The Morgan fingerprint density at radius 3 is 2.70 bits per heavy atom. The lowest BCUT2D eigenvalue weighted by atomic mass is 9.74. The van der Waals surface area contributed by atoms with Crippen LogP contribution in [0.5, 0.6) is 0 Å². The third-order valence-corrected chi connectivity index (χ3v) is 5.00. The highest BCUT2D eigenvalue weighted by molar-refractivity contribution is 6.18. The van der Waals surface area contributed by atoms with Gasteiger partial charge in [-0.15, -0.1) is 0 Å². The van der Waals surface area contributed by atoms with Crippen LogP contribution in [0.2, 0.25) is 0 Å². The van der Waals surface area contributed by atoms with Crippen molar-refractivity contribution in [3.05, 3.63) is 41.2 Å². The summed E-state index contributed by atoms with van der Waals surface area (Å²) in [4.78, 5) is 3.56. The minimum absolute atomic E-state index is 0.0957. The molecule has 0 spiro atoms. The third-order valence-electron chi connectivity index (χ3n) is 5.00. The molecular weight excluding hydrogens is 286 g/mol. The van der Waals surface area contributed by atoms with Gasteiger partial charge >= 0.3 is 0 Å². The summed E-state index contributed by atoms with van der Waals surface area (Å²) in [6.45, 7) is 6.53. The molecule has 0 unspecified atom stereocenters. The molecule has 3 aromatic rings. The molecular formula is C18H22N5+. The van der Waals surface area contributed by atoms with Gasteiger partial charge in [-0.1, -0.05) is 36.7 Å². The number of hydrazone groups is 1. The van der Waals surface area contributed by atoms with Crippen LogP contribution in [0, 0.1) is 12.3 Å². The van der Waals surface area contributed by atoms with Crippen LogP contribution in [0.1, 0.15) is 37.2 Å². The van der Waals surface area contributed by atoms with E-state index in [1.54, 1.807) is 0 Å². The van der Waals surface area contributed by atoms with E-state index in [9.17, 15) is 0 Å². The van der Waals surface area contributed by atoms with Crippen molar-refractivity contribution in [2.75, 3.05) is 5.84 Å². The number of nitrogens with one attached hydrogen (secondary N) is 1. The van der Waals surface area contributed by atoms with Gasteiger partial charge < -0.3 is 10.8 Å². The molecule has 5 N–H and O–H groups in total. The minimum atomic E-state index is 0.0957. The summed E-state index contributed by atoms with van der Waals surface area (Å²) in [6, 6.07) is 8.31. The lowest BCUT2D eigenvalue weighted by Gasteiger charge is -2.29. The van der Waals surface area contributed by atoms with Gasteiger partial charge in [-0.2, -0.15) is 5.10 Å². The van der Waals surface area contributed by atoms with Crippen LogP contribution in [-0.2, 0) is 6.42 Å². The van der Waals surface area contributed by atoms with Gasteiger partial charge in [-0.25, -0.2) is 5.84 Å². The molecule has 4 rings (SSSR count). The lowest BCUT2D eigenvalue weighted by molar-refractivity contribution is -0.652. The van der Waals surface area contributed by atoms with Crippen molar-refractivity contribution >= 4 is 27.5 Å². The predicted molar refractivity (Wildman–Crippen MR) is 93.7 cm³/mol. The van der Waals surface area contributed by atoms with Gasteiger partial charge in [0.1, 0.15) is 0 Å². The number of aryl methyl sites for hydroxylation is 1. The number of para-hydroxylation sites is 1. The minimum Gasteiger partial charge on any atom is -0.354 e. The van der Waals surface area contributed by atoms with Crippen LogP contribution in [0.4, 0.5) is 0 Å². The lowest BCUT2D eigenvalue weighted by Crippen LogP contribution is -2.54. The Kier molecular flexibility index (Phi) is 2.73. The summed E-state index contributed by atoms with van der Waals surface area (Å²) in [5.41, 5.74) is 6.46. The number of pyridine rings is 1. The molecule has 0 aliphatic heterocycles. The number of fused-ring (bicyclic) bond motifs is 5. The number of nitrogens with zero attached hydrogens (tertiary/aromatic N) is 2. The number of aromatic nitrogens is 2. The SMILES string of the molecule is Cc1c2c([nH]c3ccccc32)c2c([n+]1N)CC(C)(C)CC2=NN. The van der Waals surface area contributed by atoms with E-state index in [4.69, 9.17) is 11.7 Å². The topological polar surface area (TPSA) is 84.1 Å². The fourth-order valence-electron chi connectivity index (χ4n) is 3.94. The summed E-state index contributed by atoms with van der Waals surface area (Å²) in [5.74, 6) is 12.2. The van der Waals surface area contributed by atoms with E-state index in [1.807, 2.05) is 10.7 Å². The zero-order chi connectivity index (χ0) is 16.4. The molecule has 0 fully saturated rings. The van der Waals surface area contributed by atoms with Crippen molar-refractivity contribution in [3.63, 3.8) is 0 Å². The molecule has 118 valence electrons. The summed E-state index contributed by atoms with van der Waals surface area (Å²) in [6.07, 6.45) is 1.76. The maximum absolute atomic E-state index is 6.46. The van der Waals surface area contributed by atoms with Gasteiger partial charge in [-0.05, 0) is 17.9 Å².